The molecule has 2 aromatic carbocycles. The van der Waals surface area contributed by atoms with Crippen molar-refractivity contribution >= 4 is 40.9 Å². The molecule has 4 rings (SSSR count). The van der Waals surface area contributed by atoms with Gasteiger partial charge in [0, 0.05) is 54.2 Å². The second-order valence-electron chi connectivity index (χ2n) is 7.91. The van der Waals surface area contributed by atoms with E-state index < -0.39 is 12.0 Å². The number of benzene rings is 2. The minimum atomic E-state index is -0.683. The summed E-state index contributed by atoms with van der Waals surface area (Å²) in [5.74, 6) is -0.468. The first-order valence-electron chi connectivity index (χ1n) is 10.9. The molecule has 9 heteroatoms. The molecule has 1 atom stereocenters. The van der Waals surface area contributed by atoms with Crippen molar-refractivity contribution in [1.82, 2.24) is 15.5 Å². The highest BCUT2D eigenvalue weighted by molar-refractivity contribution is 6.31. The van der Waals surface area contributed by atoms with Crippen molar-refractivity contribution in [3.63, 3.8) is 0 Å². The first-order valence-corrected chi connectivity index (χ1v) is 11.7. The highest BCUT2D eigenvalue weighted by Gasteiger charge is 2.35. The van der Waals surface area contributed by atoms with Crippen molar-refractivity contribution in [2.75, 3.05) is 44.2 Å². The second kappa shape index (κ2) is 10.5. The van der Waals surface area contributed by atoms with E-state index >= 15 is 0 Å². The van der Waals surface area contributed by atoms with Gasteiger partial charge in [0.2, 0.25) is 0 Å². The van der Waals surface area contributed by atoms with Gasteiger partial charge in [-0.2, -0.15) is 0 Å². The fraction of sp³-hybridized carbons (Fsp3) is 0.333. The number of nitrogens with zero attached hydrogens (tertiary/aromatic N) is 2. The number of hydrogen-bond acceptors (Lipinski definition) is 5. The van der Waals surface area contributed by atoms with E-state index in [-0.39, 0.29) is 12.6 Å². The van der Waals surface area contributed by atoms with Crippen LogP contribution in [0.1, 0.15) is 18.5 Å². The number of amides is 2. The Kier molecular flexibility index (Phi) is 7.42. The van der Waals surface area contributed by atoms with Gasteiger partial charge in [-0.3, -0.25) is 4.90 Å². The van der Waals surface area contributed by atoms with E-state index in [9.17, 15) is 9.59 Å². The average molecular weight is 489 g/mol. The summed E-state index contributed by atoms with van der Waals surface area (Å²) >= 11 is 12.4. The third-order valence-corrected chi connectivity index (χ3v) is 6.41. The van der Waals surface area contributed by atoms with Crippen LogP contribution < -0.4 is 15.5 Å². The molecule has 2 aliphatic rings. The third-order valence-electron chi connectivity index (χ3n) is 5.81. The summed E-state index contributed by atoms with van der Waals surface area (Å²) in [4.78, 5) is 30.0. The third kappa shape index (κ3) is 5.43. The predicted molar refractivity (Wildman–Crippen MR) is 130 cm³/mol. The van der Waals surface area contributed by atoms with Gasteiger partial charge in [0.1, 0.15) is 0 Å². The summed E-state index contributed by atoms with van der Waals surface area (Å²) in [5.41, 5.74) is 2.70. The number of esters is 1. The molecule has 1 unspecified atom stereocenters. The molecule has 2 aliphatic heterocycles. The minimum absolute atomic E-state index is 0.235. The topological polar surface area (TPSA) is 73.9 Å². The molecule has 7 nitrogen and oxygen atoms in total. The van der Waals surface area contributed by atoms with Gasteiger partial charge in [0.15, 0.2) is 0 Å². The Morgan fingerprint density at radius 1 is 1.06 bits per heavy atom. The zero-order chi connectivity index (χ0) is 23.4. The first kappa shape index (κ1) is 23.4. The molecule has 0 radical (unpaired) electrons. The van der Waals surface area contributed by atoms with Gasteiger partial charge in [0.05, 0.1) is 18.2 Å². The monoisotopic (exact) mass is 488 g/mol. The minimum Gasteiger partial charge on any atom is -0.463 e. The summed E-state index contributed by atoms with van der Waals surface area (Å²) in [7, 11) is 0. The molecular formula is C24H26Cl2N4O3. The fourth-order valence-corrected chi connectivity index (χ4v) is 4.55. The predicted octanol–water partition coefficient (Wildman–Crippen LogP) is 3.99. The SMILES string of the molecule is CCOC(=O)C1=C(CN2CCN(c3ccc(Cl)cc3)CC2)NC(=O)NC1c1ccccc1Cl. The molecule has 2 N–H and O–H groups in total. The van der Waals surface area contributed by atoms with Gasteiger partial charge in [-0.1, -0.05) is 41.4 Å². The molecule has 0 saturated carbocycles. The van der Waals surface area contributed by atoms with Crippen molar-refractivity contribution in [2.45, 2.75) is 13.0 Å². The lowest BCUT2D eigenvalue weighted by Gasteiger charge is -2.38. The van der Waals surface area contributed by atoms with E-state index in [4.69, 9.17) is 27.9 Å². The number of carbonyl (C=O) groups excluding carboxylic acids is 2. The zero-order valence-electron chi connectivity index (χ0n) is 18.3. The molecule has 1 saturated heterocycles. The van der Waals surface area contributed by atoms with Crippen LogP contribution in [0.2, 0.25) is 10.0 Å². The summed E-state index contributed by atoms with van der Waals surface area (Å²) in [6.07, 6.45) is 0. The van der Waals surface area contributed by atoms with Crippen LogP contribution in [0, 0.1) is 0 Å². The van der Waals surface area contributed by atoms with Crippen LogP contribution in [0.5, 0.6) is 0 Å². The van der Waals surface area contributed by atoms with E-state index in [2.05, 4.69) is 20.4 Å². The molecule has 1 fully saturated rings. The number of nitrogens with one attached hydrogen (secondary N) is 2. The summed E-state index contributed by atoms with van der Waals surface area (Å²) in [6, 6.07) is 13.9. The molecule has 174 valence electrons. The van der Waals surface area contributed by atoms with E-state index in [1.165, 1.54) is 0 Å². The van der Waals surface area contributed by atoms with Crippen LogP contribution >= 0.6 is 23.2 Å². The Balaban J connectivity index is 1.56. The van der Waals surface area contributed by atoms with Gasteiger partial charge in [-0.15, -0.1) is 0 Å². The smallest absolute Gasteiger partial charge is 0.338 e. The number of hydrogen-bond donors (Lipinski definition) is 2. The van der Waals surface area contributed by atoms with E-state index in [0.29, 0.717) is 33.4 Å². The molecule has 0 aromatic heterocycles. The van der Waals surface area contributed by atoms with Crippen LogP contribution in [0.15, 0.2) is 59.8 Å². The molecule has 0 aliphatic carbocycles. The highest BCUT2D eigenvalue weighted by atomic mass is 35.5. The van der Waals surface area contributed by atoms with Gasteiger partial charge in [0.25, 0.3) is 0 Å². The molecule has 2 heterocycles. The Morgan fingerprint density at radius 3 is 2.42 bits per heavy atom. The highest BCUT2D eigenvalue weighted by Crippen LogP contribution is 2.32. The molecule has 0 bridgehead atoms. The Morgan fingerprint density at radius 2 is 1.76 bits per heavy atom. The standard InChI is InChI=1S/C24H26Cl2N4O3/c1-2-33-23(31)21-20(27-24(32)28-22(21)18-5-3-4-6-19(18)26)15-29-11-13-30(14-12-29)17-9-7-16(25)8-10-17/h3-10,22H,2,11-15H2,1H3,(H2,27,28,32). The molecule has 0 spiro atoms. The Hall–Kier alpha value is -2.74. The number of ether oxygens (including phenoxy) is 1. The first-order chi connectivity index (χ1) is 16.0. The summed E-state index contributed by atoms with van der Waals surface area (Å²) < 4.78 is 5.34. The maximum absolute atomic E-state index is 13.0. The molecule has 2 amide bonds. The number of anilines is 1. The lowest BCUT2D eigenvalue weighted by atomic mass is 9.94. The molecule has 2 aromatic rings. The van der Waals surface area contributed by atoms with Crippen molar-refractivity contribution in [2.24, 2.45) is 0 Å². The Labute approximate surface area is 203 Å². The lowest BCUT2D eigenvalue weighted by molar-refractivity contribution is -0.139. The van der Waals surface area contributed by atoms with Crippen molar-refractivity contribution in [1.29, 1.82) is 0 Å². The van der Waals surface area contributed by atoms with Crippen LogP contribution in [0.25, 0.3) is 0 Å². The number of carbonyl (C=O) groups is 2. The average Bonchev–Trinajstić information content (AvgIpc) is 2.80. The summed E-state index contributed by atoms with van der Waals surface area (Å²) in [6.45, 7) is 5.63. The van der Waals surface area contributed by atoms with Crippen molar-refractivity contribution in [3.8, 4) is 0 Å². The lowest BCUT2D eigenvalue weighted by Crippen LogP contribution is -2.51. The molecular weight excluding hydrogens is 463 g/mol. The van der Waals surface area contributed by atoms with Crippen molar-refractivity contribution in [3.05, 3.63) is 75.4 Å². The normalized spacial score (nSPS) is 19.2. The largest absolute Gasteiger partial charge is 0.463 e. The van der Waals surface area contributed by atoms with Crippen molar-refractivity contribution < 1.29 is 14.3 Å². The number of piperazine rings is 1. The number of rotatable bonds is 6. The van der Waals surface area contributed by atoms with Crippen LogP contribution in [-0.4, -0.2) is 56.2 Å². The van der Waals surface area contributed by atoms with E-state index in [1.54, 1.807) is 19.1 Å². The van der Waals surface area contributed by atoms with Crippen LogP contribution in [0.3, 0.4) is 0 Å². The maximum Gasteiger partial charge on any atom is 0.338 e. The quantitative estimate of drug-likeness (QED) is 0.601. The van der Waals surface area contributed by atoms with E-state index in [1.807, 2.05) is 36.4 Å². The number of urea groups is 1. The van der Waals surface area contributed by atoms with E-state index in [0.717, 1.165) is 31.9 Å². The van der Waals surface area contributed by atoms with Gasteiger partial charge in [-0.25, -0.2) is 9.59 Å². The zero-order valence-corrected chi connectivity index (χ0v) is 19.8. The van der Waals surface area contributed by atoms with Gasteiger partial charge >= 0.3 is 12.0 Å². The summed E-state index contributed by atoms with van der Waals surface area (Å²) in [5, 5.41) is 6.86. The van der Waals surface area contributed by atoms with Gasteiger partial charge in [-0.05, 0) is 42.8 Å². The van der Waals surface area contributed by atoms with Crippen LogP contribution in [-0.2, 0) is 9.53 Å². The second-order valence-corrected chi connectivity index (χ2v) is 8.75. The van der Waals surface area contributed by atoms with Gasteiger partial charge < -0.3 is 20.3 Å². The fourth-order valence-electron chi connectivity index (χ4n) is 4.17. The maximum atomic E-state index is 13.0. The number of halogens is 2. The molecule has 33 heavy (non-hydrogen) atoms. The van der Waals surface area contributed by atoms with Crippen LogP contribution in [0.4, 0.5) is 10.5 Å². The Bertz CT molecular complexity index is 1050.